The van der Waals surface area contributed by atoms with Crippen molar-refractivity contribution in [1.29, 1.82) is 0 Å². The van der Waals surface area contributed by atoms with Crippen LogP contribution in [0.3, 0.4) is 0 Å². The van der Waals surface area contributed by atoms with Crippen LogP contribution in [0.4, 0.5) is 0 Å². The number of ketones is 1. The third-order valence-corrected chi connectivity index (χ3v) is 3.31. The van der Waals surface area contributed by atoms with Gasteiger partial charge >= 0.3 is 5.97 Å². The molecule has 0 bridgehead atoms. The van der Waals surface area contributed by atoms with Crippen LogP contribution < -0.4 is 10.5 Å². The minimum Gasteiger partial charge on any atom is -0.496 e. The molecule has 0 aromatic heterocycles. The molecule has 5 nitrogen and oxygen atoms in total. The number of Topliss-reactive ketones (excluding diaryl/α,β-unsaturated/α-hetero) is 1. The number of hydrogen-bond acceptors (Lipinski definition) is 5. The standard InChI is InChI=1S/C15H21NO4/c1-9-7-11(13(19-3)8-10(9)2)15(18)12(16)5-6-14(17)20-4/h7-8,12H,5-6,16H2,1-4H3. The second-order valence-electron chi connectivity index (χ2n) is 4.72. The Morgan fingerprint density at radius 2 is 1.80 bits per heavy atom. The number of hydrogen-bond donors (Lipinski definition) is 1. The highest BCUT2D eigenvalue weighted by molar-refractivity contribution is 6.02. The van der Waals surface area contributed by atoms with E-state index in [0.29, 0.717) is 11.3 Å². The van der Waals surface area contributed by atoms with Crippen molar-refractivity contribution in [2.45, 2.75) is 32.7 Å². The van der Waals surface area contributed by atoms with E-state index in [9.17, 15) is 9.59 Å². The molecular weight excluding hydrogens is 258 g/mol. The highest BCUT2D eigenvalue weighted by Gasteiger charge is 2.21. The van der Waals surface area contributed by atoms with Gasteiger partial charge in [-0.1, -0.05) is 0 Å². The van der Waals surface area contributed by atoms with Gasteiger partial charge < -0.3 is 15.2 Å². The Balaban J connectivity index is 2.91. The molecular formula is C15H21NO4. The van der Waals surface area contributed by atoms with E-state index in [-0.39, 0.29) is 24.6 Å². The Labute approximate surface area is 119 Å². The zero-order chi connectivity index (χ0) is 15.3. The summed E-state index contributed by atoms with van der Waals surface area (Å²) < 4.78 is 9.77. The molecule has 1 aromatic carbocycles. The number of aryl methyl sites for hydroxylation is 2. The maximum atomic E-state index is 12.3. The molecule has 0 saturated carbocycles. The normalized spacial score (nSPS) is 11.8. The molecule has 5 heteroatoms. The molecule has 0 radical (unpaired) electrons. The van der Waals surface area contributed by atoms with Gasteiger partial charge in [-0.15, -0.1) is 0 Å². The highest BCUT2D eigenvalue weighted by Crippen LogP contribution is 2.24. The number of benzene rings is 1. The van der Waals surface area contributed by atoms with Crippen molar-refractivity contribution >= 4 is 11.8 Å². The number of nitrogens with two attached hydrogens (primary N) is 1. The molecule has 2 N–H and O–H groups in total. The Morgan fingerprint density at radius 3 is 2.35 bits per heavy atom. The van der Waals surface area contributed by atoms with Crippen molar-refractivity contribution in [3.8, 4) is 5.75 Å². The van der Waals surface area contributed by atoms with Gasteiger partial charge in [0, 0.05) is 6.42 Å². The summed E-state index contributed by atoms with van der Waals surface area (Å²) in [5.74, 6) is -0.0965. The average molecular weight is 279 g/mol. The van der Waals surface area contributed by atoms with Gasteiger partial charge in [0.2, 0.25) is 0 Å². The first-order valence-electron chi connectivity index (χ1n) is 6.42. The molecule has 1 atom stereocenters. The second-order valence-corrected chi connectivity index (χ2v) is 4.72. The Bertz CT molecular complexity index is 511. The smallest absolute Gasteiger partial charge is 0.305 e. The summed E-state index contributed by atoms with van der Waals surface area (Å²) in [6.45, 7) is 3.87. The van der Waals surface area contributed by atoms with Crippen LogP contribution in [0.5, 0.6) is 5.75 Å². The molecule has 1 rings (SSSR count). The van der Waals surface area contributed by atoms with Crippen molar-refractivity contribution in [2.24, 2.45) is 5.73 Å². The molecule has 0 fully saturated rings. The lowest BCUT2D eigenvalue weighted by atomic mass is 9.96. The third-order valence-electron chi connectivity index (χ3n) is 3.31. The Hall–Kier alpha value is -1.88. The van der Waals surface area contributed by atoms with Gasteiger partial charge in [-0.05, 0) is 43.5 Å². The van der Waals surface area contributed by atoms with Gasteiger partial charge in [-0.2, -0.15) is 0 Å². The van der Waals surface area contributed by atoms with E-state index in [4.69, 9.17) is 10.5 Å². The SMILES string of the molecule is COC(=O)CCC(N)C(=O)c1cc(C)c(C)cc1OC. The first-order chi connectivity index (χ1) is 9.40. The van der Waals surface area contributed by atoms with Crippen molar-refractivity contribution in [1.82, 2.24) is 0 Å². The summed E-state index contributed by atoms with van der Waals surface area (Å²) in [5.41, 5.74) is 8.34. The lowest BCUT2D eigenvalue weighted by molar-refractivity contribution is -0.140. The largest absolute Gasteiger partial charge is 0.496 e. The van der Waals surface area contributed by atoms with E-state index in [2.05, 4.69) is 4.74 Å². The summed E-state index contributed by atoms with van der Waals surface area (Å²) >= 11 is 0. The topological polar surface area (TPSA) is 78.6 Å². The first-order valence-corrected chi connectivity index (χ1v) is 6.42. The number of esters is 1. The van der Waals surface area contributed by atoms with Crippen LogP contribution in [-0.4, -0.2) is 32.0 Å². The molecule has 1 unspecified atom stereocenters. The number of rotatable bonds is 6. The van der Waals surface area contributed by atoms with Crippen molar-refractivity contribution in [2.75, 3.05) is 14.2 Å². The van der Waals surface area contributed by atoms with Crippen LogP contribution in [0.15, 0.2) is 12.1 Å². The fourth-order valence-corrected chi connectivity index (χ4v) is 1.86. The Morgan fingerprint density at radius 1 is 1.20 bits per heavy atom. The minimum atomic E-state index is -0.745. The van der Waals surface area contributed by atoms with Gasteiger partial charge in [0.25, 0.3) is 0 Å². The van der Waals surface area contributed by atoms with Crippen LogP contribution in [0.1, 0.15) is 34.3 Å². The highest BCUT2D eigenvalue weighted by atomic mass is 16.5. The summed E-state index contributed by atoms with van der Waals surface area (Å²) in [6.07, 6.45) is 0.373. The molecule has 0 aliphatic rings. The molecule has 0 saturated heterocycles. The van der Waals surface area contributed by atoms with E-state index in [1.54, 1.807) is 6.07 Å². The van der Waals surface area contributed by atoms with Crippen LogP contribution in [0.25, 0.3) is 0 Å². The van der Waals surface area contributed by atoms with Gasteiger partial charge in [-0.25, -0.2) is 0 Å². The summed E-state index contributed by atoms with van der Waals surface area (Å²) in [6, 6.07) is 2.84. The van der Waals surface area contributed by atoms with Crippen molar-refractivity contribution in [3.63, 3.8) is 0 Å². The van der Waals surface area contributed by atoms with Gasteiger partial charge in [0.1, 0.15) is 5.75 Å². The maximum Gasteiger partial charge on any atom is 0.305 e. The average Bonchev–Trinajstić information content (AvgIpc) is 2.45. The van der Waals surface area contributed by atoms with E-state index in [0.717, 1.165) is 11.1 Å². The molecule has 20 heavy (non-hydrogen) atoms. The number of ether oxygens (including phenoxy) is 2. The zero-order valence-corrected chi connectivity index (χ0v) is 12.4. The molecule has 0 amide bonds. The van der Waals surface area contributed by atoms with Crippen molar-refractivity contribution < 1.29 is 19.1 Å². The van der Waals surface area contributed by atoms with E-state index in [1.807, 2.05) is 19.9 Å². The van der Waals surface area contributed by atoms with Gasteiger partial charge in [-0.3, -0.25) is 9.59 Å². The Kier molecular flexibility index (Phi) is 5.70. The molecule has 1 aromatic rings. The third kappa shape index (κ3) is 3.81. The van der Waals surface area contributed by atoms with Crippen LogP contribution >= 0.6 is 0 Å². The lowest BCUT2D eigenvalue weighted by Gasteiger charge is -2.14. The number of methoxy groups -OCH3 is 2. The van der Waals surface area contributed by atoms with Crippen molar-refractivity contribution in [3.05, 3.63) is 28.8 Å². The fourth-order valence-electron chi connectivity index (χ4n) is 1.86. The van der Waals surface area contributed by atoms with E-state index < -0.39 is 6.04 Å². The maximum absolute atomic E-state index is 12.3. The molecule has 0 spiro atoms. The summed E-state index contributed by atoms with van der Waals surface area (Å²) in [5, 5.41) is 0. The van der Waals surface area contributed by atoms with Crippen LogP contribution in [0.2, 0.25) is 0 Å². The van der Waals surface area contributed by atoms with Crippen LogP contribution in [-0.2, 0) is 9.53 Å². The summed E-state index contributed by atoms with van der Waals surface area (Å²) in [4.78, 5) is 23.4. The fraction of sp³-hybridized carbons (Fsp3) is 0.467. The van der Waals surface area contributed by atoms with E-state index in [1.165, 1.54) is 14.2 Å². The molecule has 0 aliphatic heterocycles. The minimum absolute atomic E-state index is 0.122. The lowest BCUT2D eigenvalue weighted by Crippen LogP contribution is -2.31. The molecule has 0 aliphatic carbocycles. The van der Waals surface area contributed by atoms with Crippen LogP contribution in [0, 0.1) is 13.8 Å². The predicted octanol–water partition coefficient (Wildman–Crippen LogP) is 1.78. The zero-order valence-electron chi connectivity index (χ0n) is 12.4. The molecule has 110 valence electrons. The quantitative estimate of drug-likeness (QED) is 0.634. The second kappa shape index (κ2) is 7.05. The number of carbonyl (C=O) groups excluding carboxylic acids is 2. The number of carbonyl (C=O) groups is 2. The van der Waals surface area contributed by atoms with Gasteiger partial charge in [0.15, 0.2) is 5.78 Å². The van der Waals surface area contributed by atoms with E-state index >= 15 is 0 Å². The predicted molar refractivity (Wildman–Crippen MR) is 76.0 cm³/mol. The van der Waals surface area contributed by atoms with Gasteiger partial charge in [0.05, 0.1) is 25.8 Å². The first kappa shape index (κ1) is 16.2. The molecule has 0 heterocycles. The summed E-state index contributed by atoms with van der Waals surface area (Å²) in [7, 11) is 2.82. The monoisotopic (exact) mass is 279 g/mol.